The van der Waals surface area contributed by atoms with Gasteiger partial charge < -0.3 is 14.6 Å². The van der Waals surface area contributed by atoms with Crippen LogP contribution in [0.25, 0.3) is 22.0 Å². The first-order valence-corrected chi connectivity index (χ1v) is 10.6. The normalized spacial score (nSPS) is 18.5. The van der Waals surface area contributed by atoms with Crippen LogP contribution in [0.2, 0.25) is 0 Å². The third-order valence-corrected chi connectivity index (χ3v) is 5.23. The summed E-state index contributed by atoms with van der Waals surface area (Å²) in [6, 6.07) is 18.5. The molecule has 2 atom stereocenters. The van der Waals surface area contributed by atoms with Crippen molar-refractivity contribution in [3.05, 3.63) is 60.7 Å². The number of pyridine rings is 1. The molecule has 1 fully saturated rings. The van der Waals surface area contributed by atoms with E-state index in [0.717, 1.165) is 22.0 Å². The third kappa shape index (κ3) is 4.66. The van der Waals surface area contributed by atoms with Crippen LogP contribution in [0.15, 0.2) is 60.7 Å². The second kappa shape index (κ2) is 8.49. The zero-order valence-electron chi connectivity index (χ0n) is 18.3. The van der Waals surface area contributed by atoms with Gasteiger partial charge in [-0.1, -0.05) is 48.5 Å². The van der Waals surface area contributed by atoms with Gasteiger partial charge in [0.05, 0.1) is 12.2 Å². The molecule has 0 radical (unpaired) electrons. The van der Waals surface area contributed by atoms with Crippen LogP contribution in [0, 0.1) is 0 Å². The number of carbonyl (C=O) groups is 2. The average Bonchev–Trinajstić information content (AvgIpc) is 3.18. The number of carboxylic acids is 1. The van der Waals surface area contributed by atoms with E-state index in [-0.39, 0.29) is 13.0 Å². The molecule has 1 aromatic heterocycles. The van der Waals surface area contributed by atoms with Crippen LogP contribution in [0.5, 0.6) is 5.88 Å². The third-order valence-electron chi connectivity index (χ3n) is 5.23. The minimum absolute atomic E-state index is 0.109. The fraction of sp³-hybridized carbons (Fsp3) is 0.320. The molecule has 0 bridgehead atoms. The summed E-state index contributed by atoms with van der Waals surface area (Å²) in [4.78, 5) is 30.4. The van der Waals surface area contributed by atoms with Gasteiger partial charge in [0.2, 0.25) is 5.88 Å². The Hall–Kier alpha value is -3.61. The highest BCUT2D eigenvalue weighted by Gasteiger charge is 2.43. The lowest BCUT2D eigenvalue weighted by Crippen LogP contribution is -2.43. The SMILES string of the molecule is CC(C)(C)OC(=O)N1CC(Oc2nc(-c3ccccc3)cc3ccccc23)CC1C(=O)O. The van der Waals surface area contributed by atoms with Crippen LogP contribution < -0.4 is 4.74 Å². The summed E-state index contributed by atoms with van der Waals surface area (Å²) in [7, 11) is 0. The predicted molar refractivity (Wildman–Crippen MR) is 121 cm³/mol. The van der Waals surface area contributed by atoms with E-state index in [4.69, 9.17) is 14.5 Å². The first kappa shape index (κ1) is 21.6. The summed E-state index contributed by atoms with van der Waals surface area (Å²) in [6.07, 6.45) is -1.03. The van der Waals surface area contributed by atoms with Gasteiger partial charge in [-0.05, 0) is 38.3 Å². The zero-order chi connectivity index (χ0) is 22.9. The molecule has 7 nitrogen and oxygen atoms in total. The number of rotatable bonds is 4. The molecule has 1 amide bonds. The van der Waals surface area contributed by atoms with E-state index in [1.165, 1.54) is 4.90 Å². The van der Waals surface area contributed by atoms with Crippen molar-refractivity contribution < 1.29 is 24.2 Å². The standard InChI is InChI=1S/C25H26N2O5/c1-25(2,3)32-24(30)27-15-18(14-21(27)23(28)29)31-22-19-12-8-7-11-17(19)13-20(26-22)16-9-5-4-6-10-16/h4-13,18,21H,14-15H2,1-3H3,(H,28,29). The summed E-state index contributed by atoms with van der Waals surface area (Å²) in [5.74, 6) is -0.667. The number of aliphatic carboxylic acids is 1. The average molecular weight is 434 g/mol. The quantitative estimate of drug-likeness (QED) is 0.638. The molecule has 166 valence electrons. The number of carbonyl (C=O) groups excluding carboxylic acids is 1. The first-order chi connectivity index (χ1) is 15.2. The Labute approximate surface area is 186 Å². The molecule has 0 saturated carbocycles. The fourth-order valence-electron chi connectivity index (χ4n) is 3.81. The Morgan fingerprint density at radius 1 is 1.06 bits per heavy atom. The molecule has 0 spiro atoms. The molecule has 2 heterocycles. The first-order valence-electron chi connectivity index (χ1n) is 10.6. The van der Waals surface area contributed by atoms with Gasteiger partial charge in [0.1, 0.15) is 17.7 Å². The number of hydrogen-bond acceptors (Lipinski definition) is 5. The van der Waals surface area contributed by atoms with Crippen LogP contribution in [0.1, 0.15) is 27.2 Å². The largest absolute Gasteiger partial charge is 0.480 e. The van der Waals surface area contributed by atoms with Crippen LogP contribution in [0.3, 0.4) is 0 Å². The zero-order valence-corrected chi connectivity index (χ0v) is 18.3. The maximum absolute atomic E-state index is 12.6. The topological polar surface area (TPSA) is 89.0 Å². The molecular formula is C25H26N2O5. The predicted octanol–water partition coefficient (Wildman–Crippen LogP) is 4.74. The molecule has 2 unspecified atom stereocenters. The molecule has 0 aliphatic carbocycles. The Kier molecular flexibility index (Phi) is 5.74. The molecule has 2 aromatic carbocycles. The van der Waals surface area contributed by atoms with Crippen LogP contribution in [-0.4, -0.2) is 51.3 Å². The van der Waals surface area contributed by atoms with E-state index in [0.29, 0.717) is 5.88 Å². The molecule has 3 aromatic rings. The van der Waals surface area contributed by atoms with Gasteiger partial charge in [-0.3, -0.25) is 4.90 Å². The van der Waals surface area contributed by atoms with Crippen molar-refractivity contribution in [2.75, 3.05) is 6.54 Å². The fourth-order valence-corrected chi connectivity index (χ4v) is 3.81. The second-order valence-electron chi connectivity index (χ2n) is 8.86. The van der Waals surface area contributed by atoms with Gasteiger partial charge >= 0.3 is 12.1 Å². The van der Waals surface area contributed by atoms with Crippen molar-refractivity contribution in [3.63, 3.8) is 0 Å². The van der Waals surface area contributed by atoms with E-state index >= 15 is 0 Å². The number of amides is 1. The molecule has 4 rings (SSSR count). The molecule has 1 aliphatic heterocycles. The van der Waals surface area contributed by atoms with E-state index in [9.17, 15) is 14.7 Å². The number of fused-ring (bicyclic) bond motifs is 1. The van der Waals surface area contributed by atoms with Crippen molar-refractivity contribution in [1.82, 2.24) is 9.88 Å². The van der Waals surface area contributed by atoms with E-state index in [2.05, 4.69) is 0 Å². The summed E-state index contributed by atoms with van der Waals surface area (Å²) >= 11 is 0. The van der Waals surface area contributed by atoms with Gasteiger partial charge in [-0.15, -0.1) is 0 Å². The lowest BCUT2D eigenvalue weighted by atomic mass is 10.1. The van der Waals surface area contributed by atoms with E-state index in [1.54, 1.807) is 20.8 Å². The number of hydrogen-bond donors (Lipinski definition) is 1. The van der Waals surface area contributed by atoms with Crippen molar-refractivity contribution in [2.45, 2.75) is 44.9 Å². The second-order valence-corrected chi connectivity index (χ2v) is 8.86. The minimum Gasteiger partial charge on any atom is -0.480 e. The number of aromatic nitrogens is 1. The minimum atomic E-state index is -1.09. The summed E-state index contributed by atoms with van der Waals surface area (Å²) in [5.41, 5.74) is 0.991. The molecule has 7 heteroatoms. The maximum atomic E-state index is 12.6. The number of likely N-dealkylation sites (tertiary alicyclic amines) is 1. The van der Waals surface area contributed by atoms with Crippen LogP contribution >= 0.6 is 0 Å². The number of carboxylic acid groups (broad SMARTS) is 1. The van der Waals surface area contributed by atoms with Crippen LogP contribution in [-0.2, 0) is 9.53 Å². The molecule has 1 N–H and O–H groups in total. The molecule has 32 heavy (non-hydrogen) atoms. The van der Waals surface area contributed by atoms with E-state index in [1.807, 2.05) is 60.7 Å². The lowest BCUT2D eigenvalue weighted by Gasteiger charge is -2.26. The Balaban J connectivity index is 1.64. The molecule has 1 saturated heterocycles. The van der Waals surface area contributed by atoms with Crippen molar-refractivity contribution >= 4 is 22.8 Å². The Morgan fingerprint density at radius 2 is 1.75 bits per heavy atom. The summed E-state index contributed by atoms with van der Waals surface area (Å²) in [5, 5.41) is 11.5. The lowest BCUT2D eigenvalue weighted by molar-refractivity contribution is -0.142. The highest BCUT2D eigenvalue weighted by Crippen LogP contribution is 2.32. The van der Waals surface area contributed by atoms with Crippen molar-refractivity contribution in [1.29, 1.82) is 0 Å². The van der Waals surface area contributed by atoms with Crippen molar-refractivity contribution in [3.8, 4) is 17.1 Å². The molecule has 1 aliphatic rings. The Bertz CT molecular complexity index is 1140. The number of benzene rings is 2. The highest BCUT2D eigenvalue weighted by molar-refractivity contribution is 5.90. The van der Waals surface area contributed by atoms with Gasteiger partial charge in [0, 0.05) is 17.4 Å². The molecular weight excluding hydrogens is 408 g/mol. The van der Waals surface area contributed by atoms with Gasteiger partial charge in [-0.25, -0.2) is 14.6 Å². The van der Waals surface area contributed by atoms with E-state index < -0.39 is 29.8 Å². The van der Waals surface area contributed by atoms with Crippen LogP contribution in [0.4, 0.5) is 4.79 Å². The van der Waals surface area contributed by atoms with Gasteiger partial charge in [0.15, 0.2) is 0 Å². The number of nitrogens with zero attached hydrogens (tertiary/aromatic N) is 2. The highest BCUT2D eigenvalue weighted by atomic mass is 16.6. The van der Waals surface area contributed by atoms with Gasteiger partial charge in [0.25, 0.3) is 0 Å². The monoisotopic (exact) mass is 434 g/mol. The van der Waals surface area contributed by atoms with Crippen molar-refractivity contribution in [2.24, 2.45) is 0 Å². The van der Waals surface area contributed by atoms with Gasteiger partial charge in [-0.2, -0.15) is 0 Å². The Morgan fingerprint density at radius 3 is 2.44 bits per heavy atom. The smallest absolute Gasteiger partial charge is 0.411 e. The number of ether oxygens (including phenoxy) is 2. The maximum Gasteiger partial charge on any atom is 0.411 e. The summed E-state index contributed by atoms with van der Waals surface area (Å²) in [6.45, 7) is 5.35. The summed E-state index contributed by atoms with van der Waals surface area (Å²) < 4.78 is 11.6.